The Morgan fingerprint density at radius 3 is 1.33 bits per heavy atom. The van der Waals surface area contributed by atoms with Crippen LogP contribution in [-0.4, -0.2) is 71.5 Å². The molecular weight excluding hydrogens is 384 g/mol. The molecule has 162 valence electrons. The number of nitrogens with zero attached hydrogens (tertiary/aromatic N) is 2. The van der Waals surface area contributed by atoms with Crippen LogP contribution in [0.15, 0.2) is 60.7 Å². The smallest absolute Gasteiger partial charge is 0.404 e. The van der Waals surface area contributed by atoms with E-state index in [0.717, 1.165) is 24.2 Å². The summed E-state index contributed by atoms with van der Waals surface area (Å²) in [5, 5.41) is 22.5. The summed E-state index contributed by atoms with van der Waals surface area (Å²) < 4.78 is 0. The molecule has 0 saturated carbocycles. The summed E-state index contributed by atoms with van der Waals surface area (Å²) in [7, 11) is 0. The first kappa shape index (κ1) is 23.2. The van der Waals surface area contributed by atoms with E-state index in [2.05, 4.69) is 44.7 Å². The number of hydrogen-bond acceptors (Lipinski definition) is 4. The number of carboxylic acid groups (broad SMARTS) is 2. The molecule has 0 radical (unpaired) electrons. The number of amides is 2. The van der Waals surface area contributed by atoms with Crippen LogP contribution >= 0.6 is 0 Å². The van der Waals surface area contributed by atoms with Gasteiger partial charge in [0.15, 0.2) is 0 Å². The van der Waals surface area contributed by atoms with Crippen LogP contribution in [0.1, 0.15) is 11.1 Å². The van der Waals surface area contributed by atoms with Crippen molar-refractivity contribution in [2.45, 2.75) is 13.1 Å². The van der Waals surface area contributed by atoms with Crippen molar-refractivity contribution in [1.29, 1.82) is 0 Å². The molecule has 0 spiro atoms. The van der Waals surface area contributed by atoms with Gasteiger partial charge < -0.3 is 20.8 Å². The van der Waals surface area contributed by atoms with Crippen LogP contribution < -0.4 is 10.6 Å². The molecule has 0 aliphatic heterocycles. The normalized spacial score (nSPS) is 10.9. The van der Waals surface area contributed by atoms with Crippen molar-refractivity contribution >= 4 is 12.2 Å². The van der Waals surface area contributed by atoms with Crippen LogP contribution in [0.25, 0.3) is 0 Å². The lowest BCUT2D eigenvalue weighted by Gasteiger charge is -2.28. The number of hydrogen-bond donors (Lipinski definition) is 4. The number of nitrogens with one attached hydrogen (secondary N) is 2. The van der Waals surface area contributed by atoms with Gasteiger partial charge in [0.05, 0.1) is 0 Å². The van der Waals surface area contributed by atoms with Gasteiger partial charge in [-0.25, -0.2) is 9.59 Å². The Labute approximate surface area is 177 Å². The first-order chi connectivity index (χ1) is 14.5. The molecule has 0 unspecified atom stereocenters. The summed E-state index contributed by atoms with van der Waals surface area (Å²) in [4.78, 5) is 26.0. The lowest BCUT2D eigenvalue weighted by atomic mass is 10.2. The number of carbonyl (C=O) groups is 2. The zero-order valence-electron chi connectivity index (χ0n) is 17.0. The Morgan fingerprint density at radius 1 is 0.633 bits per heavy atom. The van der Waals surface area contributed by atoms with Gasteiger partial charge in [0.25, 0.3) is 0 Å². The molecule has 0 aliphatic carbocycles. The summed E-state index contributed by atoms with van der Waals surface area (Å²) in [5.74, 6) is 0. The molecule has 30 heavy (non-hydrogen) atoms. The third kappa shape index (κ3) is 9.90. The topological polar surface area (TPSA) is 105 Å². The maximum absolute atomic E-state index is 10.8. The predicted molar refractivity (Wildman–Crippen MR) is 115 cm³/mol. The Bertz CT molecular complexity index is 693. The molecular formula is C22H30N4O4. The van der Waals surface area contributed by atoms with E-state index < -0.39 is 12.2 Å². The van der Waals surface area contributed by atoms with Crippen LogP contribution in [-0.2, 0) is 13.1 Å². The van der Waals surface area contributed by atoms with Gasteiger partial charge in [-0.15, -0.1) is 0 Å². The minimum atomic E-state index is -1.03. The average molecular weight is 415 g/mol. The molecule has 2 amide bonds. The lowest BCUT2D eigenvalue weighted by molar-refractivity contribution is 0.176. The van der Waals surface area contributed by atoms with E-state index in [1.54, 1.807) is 0 Å². The molecule has 0 fully saturated rings. The number of benzene rings is 2. The van der Waals surface area contributed by atoms with Gasteiger partial charge in [0, 0.05) is 52.4 Å². The molecule has 0 saturated heterocycles. The van der Waals surface area contributed by atoms with Gasteiger partial charge in [-0.2, -0.15) is 0 Å². The molecule has 2 aromatic rings. The first-order valence-corrected chi connectivity index (χ1v) is 9.99. The van der Waals surface area contributed by atoms with Gasteiger partial charge in [-0.3, -0.25) is 9.80 Å². The molecule has 0 aromatic heterocycles. The van der Waals surface area contributed by atoms with E-state index in [-0.39, 0.29) is 0 Å². The molecule has 0 heterocycles. The maximum atomic E-state index is 10.8. The van der Waals surface area contributed by atoms with Crippen LogP contribution in [0.2, 0.25) is 0 Å². The third-order valence-corrected chi connectivity index (χ3v) is 4.64. The summed E-state index contributed by atoms with van der Waals surface area (Å²) in [6, 6.07) is 20.1. The van der Waals surface area contributed by atoms with Crippen LogP contribution in [0.4, 0.5) is 9.59 Å². The average Bonchev–Trinajstić information content (AvgIpc) is 2.72. The van der Waals surface area contributed by atoms with Crippen molar-refractivity contribution in [2.75, 3.05) is 39.3 Å². The van der Waals surface area contributed by atoms with E-state index >= 15 is 0 Å². The van der Waals surface area contributed by atoms with Gasteiger partial charge in [0.2, 0.25) is 0 Å². The first-order valence-electron chi connectivity index (χ1n) is 9.99. The third-order valence-electron chi connectivity index (χ3n) is 4.64. The highest BCUT2D eigenvalue weighted by Crippen LogP contribution is 2.07. The molecule has 2 aromatic carbocycles. The van der Waals surface area contributed by atoms with Crippen molar-refractivity contribution < 1.29 is 19.8 Å². The van der Waals surface area contributed by atoms with Crippen molar-refractivity contribution in [2.24, 2.45) is 0 Å². The van der Waals surface area contributed by atoms with E-state index in [9.17, 15) is 9.59 Å². The highest BCUT2D eigenvalue weighted by atomic mass is 16.4. The molecule has 8 heteroatoms. The van der Waals surface area contributed by atoms with Gasteiger partial charge in [-0.1, -0.05) is 60.7 Å². The Kier molecular flexibility index (Phi) is 10.2. The Hall–Kier alpha value is -3.10. The summed E-state index contributed by atoms with van der Waals surface area (Å²) in [5.41, 5.74) is 2.32. The molecule has 4 N–H and O–H groups in total. The predicted octanol–water partition coefficient (Wildman–Crippen LogP) is 2.53. The fourth-order valence-electron chi connectivity index (χ4n) is 3.15. The molecule has 0 atom stereocenters. The second-order valence-corrected chi connectivity index (χ2v) is 6.99. The fraction of sp³-hybridized carbons (Fsp3) is 0.364. The van der Waals surface area contributed by atoms with Crippen LogP contribution in [0.3, 0.4) is 0 Å². The van der Waals surface area contributed by atoms with Crippen molar-refractivity contribution in [3.05, 3.63) is 71.8 Å². The van der Waals surface area contributed by atoms with Crippen molar-refractivity contribution in [3.63, 3.8) is 0 Å². The van der Waals surface area contributed by atoms with E-state index in [1.807, 2.05) is 36.4 Å². The van der Waals surface area contributed by atoms with E-state index in [1.165, 1.54) is 0 Å². The highest BCUT2D eigenvalue weighted by molar-refractivity contribution is 5.64. The minimum absolute atomic E-state index is 0.349. The SMILES string of the molecule is O=C(O)NCCN(CCN(CCNC(=O)O)Cc1ccccc1)Cc1ccccc1. The quantitative estimate of drug-likeness (QED) is 0.401. The zero-order valence-corrected chi connectivity index (χ0v) is 17.0. The van der Waals surface area contributed by atoms with E-state index in [0.29, 0.717) is 39.3 Å². The fourth-order valence-corrected chi connectivity index (χ4v) is 3.15. The lowest BCUT2D eigenvalue weighted by Crippen LogP contribution is -2.41. The second-order valence-electron chi connectivity index (χ2n) is 6.99. The summed E-state index contributed by atoms with van der Waals surface area (Å²) >= 11 is 0. The monoisotopic (exact) mass is 414 g/mol. The van der Waals surface area contributed by atoms with Crippen LogP contribution in [0.5, 0.6) is 0 Å². The van der Waals surface area contributed by atoms with E-state index in [4.69, 9.17) is 10.2 Å². The Balaban J connectivity index is 1.97. The molecule has 0 bridgehead atoms. The summed E-state index contributed by atoms with van der Waals surface area (Å²) in [6.07, 6.45) is -2.06. The molecule has 8 nitrogen and oxygen atoms in total. The van der Waals surface area contributed by atoms with Crippen molar-refractivity contribution in [1.82, 2.24) is 20.4 Å². The highest BCUT2D eigenvalue weighted by Gasteiger charge is 2.12. The minimum Gasteiger partial charge on any atom is -0.465 e. The van der Waals surface area contributed by atoms with Crippen LogP contribution in [0, 0.1) is 0 Å². The molecule has 0 aliphatic rings. The Morgan fingerprint density at radius 2 is 1.00 bits per heavy atom. The maximum Gasteiger partial charge on any atom is 0.404 e. The largest absolute Gasteiger partial charge is 0.465 e. The standard InChI is InChI=1S/C22H30N4O4/c27-21(28)23-11-13-25(17-19-7-3-1-4-8-19)15-16-26(14-12-24-22(29)30)18-20-9-5-2-6-10-20/h1-10,23-24H,11-18H2,(H,27,28)(H,29,30). The van der Waals surface area contributed by atoms with Gasteiger partial charge >= 0.3 is 12.2 Å². The molecule has 2 rings (SSSR count). The van der Waals surface area contributed by atoms with Gasteiger partial charge in [0.1, 0.15) is 0 Å². The zero-order chi connectivity index (χ0) is 21.6. The summed E-state index contributed by atoms with van der Waals surface area (Å²) in [6.45, 7) is 4.78. The second kappa shape index (κ2) is 13.2. The number of rotatable bonds is 13. The van der Waals surface area contributed by atoms with Crippen molar-refractivity contribution in [3.8, 4) is 0 Å². The van der Waals surface area contributed by atoms with Gasteiger partial charge in [-0.05, 0) is 11.1 Å².